The Labute approximate surface area is 179 Å². The van der Waals surface area contributed by atoms with E-state index in [1.165, 1.54) is 5.57 Å². The Bertz CT molecular complexity index is 759. The molecule has 1 unspecified atom stereocenters. The van der Waals surface area contributed by atoms with E-state index in [2.05, 4.69) is 24.7 Å². The lowest BCUT2D eigenvalue weighted by Gasteiger charge is -2.58. The number of carbonyl (C=O) groups is 2. The molecule has 0 heterocycles. The number of Topliss-reactive ketones (excluding diaryl/α,β-unsaturated/α-hetero) is 1. The Hall–Kier alpha value is -1.26. The molecule has 0 spiro atoms. The minimum absolute atomic E-state index is 0.0545. The molecule has 0 amide bonds. The second kappa shape index (κ2) is 7.41. The van der Waals surface area contributed by atoms with Gasteiger partial charge in [0.05, 0.1) is 7.11 Å². The zero-order valence-electron chi connectivity index (χ0n) is 18.8. The molecular formula is C25H36F2O3. The van der Waals surface area contributed by atoms with Gasteiger partial charge >= 0.3 is 11.9 Å². The van der Waals surface area contributed by atoms with Gasteiger partial charge in [-0.25, -0.2) is 4.79 Å². The summed E-state index contributed by atoms with van der Waals surface area (Å²) in [6, 6.07) is 0. The van der Waals surface area contributed by atoms with Crippen molar-refractivity contribution in [2.75, 3.05) is 7.11 Å². The summed E-state index contributed by atoms with van der Waals surface area (Å²) in [5, 5.41) is 0. The summed E-state index contributed by atoms with van der Waals surface area (Å²) < 4.78 is 32.9. The number of halogens is 2. The van der Waals surface area contributed by atoms with Crippen LogP contribution in [0.5, 0.6) is 0 Å². The molecule has 3 fully saturated rings. The fourth-order valence-corrected chi connectivity index (χ4v) is 8.23. The van der Waals surface area contributed by atoms with Crippen LogP contribution in [0.1, 0.15) is 78.6 Å². The van der Waals surface area contributed by atoms with Crippen molar-refractivity contribution in [2.24, 2.45) is 40.4 Å². The van der Waals surface area contributed by atoms with Gasteiger partial charge in [-0.3, -0.25) is 4.79 Å². The Balaban J connectivity index is 1.54. The van der Waals surface area contributed by atoms with Gasteiger partial charge < -0.3 is 4.74 Å². The largest absolute Gasteiger partial charge is 0.465 e. The number of ketones is 1. The van der Waals surface area contributed by atoms with Crippen molar-refractivity contribution in [3.8, 4) is 0 Å². The van der Waals surface area contributed by atoms with E-state index in [1.54, 1.807) is 0 Å². The van der Waals surface area contributed by atoms with E-state index in [4.69, 9.17) is 0 Å². The van der Waals surface area contributed by atoms with Crippen molar-refractivity contribution in [1.29, 1.82) is 0 Å². The highest BCUT2D eigenvalue weighted by Gasteiger charge is 2.60. The summed E-state index contributed by atoms with van der Waals surface area (Å²) in [5.41, 5.74) is 1.56. The van der Waals surface area contributed by atoms with E-state index >= 15 is 0 Å². The Morgan fingerprint density at radius 2 is 1.97 bits per heavy atom. The van der Waals surface area contributed by atoms with Gasteiger partial charge in [-0.05, 0) is 78.9 Å². The van der Waals surface area contributed by atoms with E-state index in [0.29, 0.717) is 36.4 Å². The van der Waals surface area contributed by atoms with Crippen LogP contribution in [-0.2, 0) is 14.3 Å². The highest BCUT2D eigenvalue weighted by molar-refractivity contribution is 5.82. The van der Waals surface area contributed by atoms with Crippen molar-refractivity contribution in [3.63, 3.8) is 0 Å². The van der Waals surface area contributed by atoms with E-state index in [1.807, 2.05) is 6.92 Å². The van der Waals surface area contributed by atoms with Crippen LogP contribution in [0.15, 0.2) is 11.6 Å². The molecule has 0 N–H and O–H groups in total. The summed E-state index contributed by atoms with van der Waals surface area (Å²) in [4.78, 5) is 23.5. The van der Waals surface area contributed by atoms with Crippen LogP contribution in [0.2, 0.25) is 0 Å². The zero-order valence-corrected chi connectivity index (χ0v) is 18.8. The normalized spacial score (nSPS) is 41.9. The monoisotopic (exact) mass is 422 g/mol. The van der Waals surface area contributed by atoms with Gasteiger partial charge in [0, 0.05) is 19.3 Å². The molecule has 4 aliphatic rings. The van der Waals surface area contributed by atoms with Gasteiger partial charge in [0.2, 0.25) is 0 Å². The Morgan fingerprint density at radius 3 is 2.67 bits per heavy atom. The van der Waals surface area contributed by atoms with Crippen molar-refractivity contribution in [3.05, 3.63) is 11.6 Å². The molecule has 4 rings (SSSR count). The van der Waals surface area contributed by atoms with Crippen LogP contribution in [0.3, 0.4) is 0 Å². The van der Waals surface area contributed by atoms with Gasteiger partial charge in [-0.2, -0.15) is 8.78 Å². The summed E-state index contributed by atoms with van der Waals surface area (Å²) in [6.07, 6.45) is 9.49. The number of methoxy groups -OCH3 is 1. The molecule has 7 atom stereocenters. The summed E-state index contributed by atoms with van der Waals surface area (Å²) in [5.74, 6) is -2.72. The maximum Gasteiger partial charge on any atom is 0.376 e. The fraction of sp³-hybridized carbons (Fsp3) is 0.840. The number of hydrogen-bond donors (Lipinski definition) is 0. The first-order valence-electron chi connectivity index (χ1n) is 11.7. The van der Waals surface area contributed by atoms with Gasteiger partial charge in [-0.15, -0.1) is 0 Å². The maximum absolute atomic E-state index is 14.3. The topological polar surface area (TPSA) is 43.4 Å². The third-order valence-electron chi connectivity index (χ3n) is 9.76. The first kappa shape index (κ1) is 22.0. The number of alkyl halides is 2. The van der Waals surface area contributed by atoms with Crippen molar-refractivity contribution in [1.82, 2.24) is 0 Å². The number of hydrogen-bond acceptors (Lipinski definition) is 3. The Morgan fingerprint density at radius 1 is 1.23 bits per heavy atom. The molecule has 168 valence electrons. The minimum atomic E-state index is -3.41. The molecular weight excluding hydrogens is 386 g/mol. The number of allylic oxidation sites excluding steroid dienone is 2. The van der Waals surface area contributed by atoms with Crippen molar-refractivity contribution in [2.45, 2.75) is 84.5 Å². The summed E-state index contributed by atoms with van der Waals surface area (Å²) in [7, 11) is 1.03. The van der Waals surface area contributed by atoms with E-state index < -0.39 is 18.3 Å². The zero-order chi connectivity index (χ0) is 21.9. The van der Waals surface area contributed by atoms with Gasteiger partial charge in [0.15, 0.2) is 0 Å². The van der Waals surface area contributed by atoms with Crippen LogP contribution in [0.25, 0.3) is 0 Å². The highest BCUT2D eigenvalue weighted by atomic mass is 19.3. The van der Waals surface area contributed by atoms with Crippen molar-refractivity contribution >= 4 is 11.8 Å². The molecule has 0 aromatic rings. The molecule has 3 saturated carbocycles. The number of carbonyl (C=O) groups excluding carboxylic acids is 2. The average Bonchev–Trinajstić information content (AvgIpc) is 3.04. The van der Waals surface area contributed by atoms with E-state index in [9.17, 15) is 18.4 Å². The second-order valence-electron chi connectivity index (χ2n) is 11.1. The second-order valence-corrected chi connectivity index (χ2v) is 11.1. The average molecular weight is 423 g/mol. The molecule has 0 aliphatic heterocycles. The quantitative estimate of drug-likeness (QED) is 0.414. The lowest BCUT2D eigenvalue weighted by Crippen LogP contribution is -2.50. The molecule has 0 radical (unpaired) electrons. The van der Waals surface area contributed by atoms with Crippen LogP contribution in [-0.4, -0.2) is 24.8 Å². The Kier molecular flexibility index (Phi) is 5.42. The molecule has 4 aliphatic carbocycles. The number of rotatable bonds is 4. The van der Waals surface area contributed by atoms with Gasteiger partial charge in [0.1, 0.15) is 5.78 Å². The number of esters is 1. The van der Waals surface area contributed by atoms with E-state index in [0.717, 1.165) is 45.6 Å². The number of ether oxygens (including phenoxy) is 1. The third-order valence-corrected chi connectivity index (χ3v) is 9.76. The first-order valence-corrected chi connectivity index (χ1v) is 11.7. The summed E-state index contributed by atoms with van der Waals surface area (Å²) in [6.45, 7) is 6.59. The van der Waals surface area contributed by atoms with Gasteiger partial charge in [-0.1, -0.05) is 32.4 Å². The molecule has 3 nitrogen and oxygen atoms in total. The van der Waals surface area contributed by atoms with Crippen LogP contribution in [0, 0.1) is 40.4 Å². The third kappa shape index (κ3) is 3.26. The summed E-state index contributed by atoms with van der Waals surface area (Å²) >= 11 is 0. The molecule has 0 aromatic heterocycles. The van der Waals surface area contributed by atoms with Crippen molar-refractivity contribution < 1.29 is 23.1 Å². The van der Waals surface area contributed by atoms with Gasteiger partial charge in [0.25, 0.3) is 0 Å². The van der Waals surface area contributed by atoms with Crippen LogP contribution in [0.4, 0.5) is 8.78 Å². The van der Waals surface area contributed by atoms with E-state index in [-0.39, 0.29) is 22.7 Å². The first-order chi connectivity index (χ1) is 14.0. The molecule has 30 heavy (non-hydrogen) atoms. The lowest BCUT2D eigenvalue weighted by atomic mass is 9.47. The predicted octanol–water partition coefficient (Wildman–Crippen LogP) is 5.97. The number of fused-ring (bicyclic) bond motifs is 5. The van der Waals surface area contributed by atoms with Crippen LogP contribution >= 0.6 is 0 Å². The maximum atomic E-state index is 14.3. The lowest BCUT2D eigenvalue weighted by molar-refractivity contribution is -0.172. The standard InChI is InChI=1S/C25H36F2O3/c1-15(14-25(26,27)22(29)30-4)19-7-8-20-18-6-5-16-13-17(28)9-11-23(16,2)21(18)10-12-24(19,20)3/h5,15,18-21H,6-14H2,1-4H3/t15-,18+,19-,20+,21?,23+,24-/m1/s1. The molecule has 0 saturated heterocycles. The predicted molar refractivity (Wildman–Crippen MR) is 111 cm³/mol. The fourth-order valence-electron chi connectivity index (χ4n) is 8.23. The van der Waals surface area contributed by atoms with Crippen LogP contribution < -0.4 is 0 Å². The molecule has 0 aromatic carbocycles. The highest BCUT2D eigenvalue weighted by Crippen LogP contribution is 2.67. The minimum Gasteiger partial charge on any atom is -0.465 e. The smallest absolute Gasteiger partial charge is 0.376 e. The molecule has 5 heteroatoms. The molecule has 0 bridgehead atoms. The SMILES string of the molecule is COC(=O)C(F)(F)C[C@@H](C)[C@H]1CC[C@H]2[C@@H]3CC=C4CC(=O)CC[C@]4(C)C3CC[C@]12C.